The van der Waals surface area contributed by atoms with Gasteiger partial charge in [0.2, 0.25) is 0 Å². The van der Waals surface area contributed by atoms with Crippen molar-refractivity contribution in [2.75, 3.05) is 39.8 Å². The number of hydrogen-bond acceptors (Lipinski definition) is 2. The lowest BCUT2D eigenvalue weighted by atomic mass is 10.0. The summed E-state index contributed by atoms with van der Waals surface area (Å²) in [6, 6.07) is 8.93. The Kier molecular flexibility index (Phi) is 4.08. The van der Waals surface area contributed by atoms with Gasteiger partial charge in [-0.2, -0.15) is 0 Å². The fraction of sp³-hybridized carbons (Fsp3) is 0.529. The third kappa shape index (κ3) is 2.89. The topological polar surface area (TPSA) is 11.4 Å². The van der Waals surface area contributed by atoms with Gasteiger partial charge in [0.1, 0.15) is 0 Å². The molecule has 0 aliphatic carbocycles. The maximum absolute atomic E-state index is 2.60. The average Bonchev–Trinajstić information content (AvgIpc) is 2.84. The summed E-state index contributed by atoms with van der Waals surface area (Å²) in [5.74, 6) is 0. The molecule has 1 fully saturated rings. The van der Waals surface area contributed by atoms with Crippen LogP contribution < -0.4 is 0 Å². The quantitative estimate of drug-likeness (QED) is 0.846. The summed E-state index contributed by atoms with van der Waals surface area (Å²) in [4.78, 5) is 5.02. The molecule has 1 aliphatic heterocycles. The average molecular weight is 271 g/mol. The summed E-state index contributed by atoms with van der Waals surface area (Å²) in [7, 11) is 4.34. The van der Waals surface area contributed by atoms with Gasteiger partial charge < -0.3 is 14.4 Å². The minimum absolute atomic E-state index is 1.19. The molecule has 0 N–H and O–H groups in total. The highest BCUT2D eigenvalue weighted by Crippen LogP contribution is 2.20. The summed E-state index contributed by atoms with van der Waals surface area (Å²) in [6.07, 6.45) is 4.61. The maximum Gasteiger partial charge on any atom is 0.0480 e. The Bertz CT molecular complexity index is 565. The standard InChI is InChI=1S/C17H25N3/c1-18-11-13-20(14-12-18)9-4-6-15-5-3-7-17-16(15)8-10-19(17)2/h3,5,7-8,10H,4,6,9,11-14H2,1-2H3. The van der Waals surface area contributed by atoms with Crippen molar-refractivity contribution in [3.63, 3.8) is 0 Å². The van der Waals surface area contributed by atoms with E-state index in [0.717, 1.165) is 0 Å². The van der Waals surface area contributed by atoms with Crippen LogP contribution in [0.5, 0.6) is 0 Å². The van der Waals surface area contributed by atoms with Crippen molar-refractivity contribution >= 4 is 10.9 Å². The lowest BCUT2D eigenvalue weighted by molar-refractivity contribution is 0.153. The van der Waals surface area contributed by atoms with E-state index in [9.17, 15) is 0 Å². The van der Waals surface area contributed by atoms with Gasteiger partial charge in [-0.1, -0.05) is 12.1 Å². The van der Waals surface area contributed by atoms with E-state index in [1.165, 1.54) is 62.0 Å². The maximum atomic E-state index is 2.60. The number of aryl methyl sites for hydroxylation is 2. The van der Waals surface area contributed by atoms with Gasteiger partial charge in [-0.05, 0) is 44.1 Å². The molecule has 1 aromatic carbocycles. The van der Waals surface area contributed by atoms with Crippen molar-refractivity contribution in [3.8, 4) is 0 Å². The Morgan fingerprint density at radius 1 is 1.00 bits per heavy atom. The van der Waals surface area contributed by atoms with E-state index in [0.29, 0.717) is 0 Å². The molecule has 0 amide bonds. The van der Waals surface area contributed by atoms with Crippen LogP contribution in [-0.4, -0.2) is 54.1 Å². The number of nitrogens with zero attached hydrogens (tertiary/aromatic N) is 3. The summed E-state index contributed by atoms with van der Waals surface area (Å²) in [5.41, 5.74) is 2.85. The lowest BCUT2D eigenvalue weighted by Gasteiger charge is -2.32. The van der Waals surface area contributed by atoms with Crippen molar-refractivity contribution in [3.05, 3.63) is 36.0 Å². The van der Waals surface area contributed by atoms with Gasteiger partial charge in [0.25, 0.3) is 0 Å². The van der Waals surface area contributed by atoms with Gasteiger partial charge >= 0.3 is 0 Å². The van der Waals surface area contributed by atoms with Crippen molar-refractivity contribution in [2.24, 2.45) is 7.05 Å². The Hall–Kier alpha value is -1.32. The van der Waals surface area contributed by atoms with Gasteiger partial charge in [-0.25, -0.2) is 0 Å². The van der Waals surface area contributed by atoms with Crippen LogP contribution in [-0.2, 0) is 13.5 Å². The molecule has 0 radical (unpaired) electrons. The van der Waals surface area contributed by atoms with Crippen molar-refractivity contribution in [2.45, 2.75) is 12.8 Å². The van der Waals surface area contributed by atoms with E-state index in [4.69, 9.17) is 0 Å². The first-order chi connectivity index (χ1) is 9.74. The molecule has 3 rings (SSSR count). The number of benzene rings is 1. The van der Waals surface area contributed by atoms with Crippen LogP contribution in [0.4, 0.5) is 0 Å². The smallest absolute Gasteiger partial charge is 0.0480 e. The fourth-order valence-corrected chi connectivity index (χ4v) is 3.15. The van der Waals surface area contributed by atoms with Crippen LogP contribution in [0.2, 0.25) is 0 Å². The number of hydrogen-bond donors (Lipinski definition) is 0. The number of fused-ring (bicyclic) bond motifs is 1. The zero-order chi connectivity index (χ0) is 13.9. The number of aromatic nitrogens is 1. The molecular formula is C17H25N3. The number of likely N-dealkylation sites (N-methyl/N-ethyl adjacent to an activating group) is 1. The molecule has 1 aliphatic rings. The third-order valence-corrected chi connectivity index (χ3v) is 4.53. The van der Waals surface area contributed by atoms with E-state index in [-0.39, 0.29) is 0 Å². The molecule has 0 unspecified atom stereocenters. The largest absolute Gasteiger partial charge is 0.351 e. The van der Waals surface area contributed by atoms with Crippen LogP contribution in [0.1, 0.15) is 12.0 Å². The van der Waals surface area contributed by atoms with Gasteiger partial charge in [-0.3, -0.25) is 0 Å². The number of piperazine rings is 1. The molecule has 1 saturated heterocycles. The molecule has 2 heterocycles. The van der Waals surface area contributed by atoms with Crippen LogP contribution >= 0.6 is 0 Å². The van der Waals surface area contributed by atoms with Gasteiger partial charge in [0.05, 0.1) is 0 Å². The first-order valence-electron chi connectivity index (χ1n) is 7.68. The molecule has 0 saturated carbocycles. The first kappa shape index (κ1) is 13.7. The van der Waals surface area contributed by atoms with E-state index >= 15 is 0 Å². The molecule has 3 heteroatoms. The zero-order valence-corrected chi connectivity index (χ0v) is 12.7. The summed E-state index contributed by atoms with van der Waals surface area (Å²) >= 11 is 0. The summed E-state index contributed by atoms with van der Waals surface area (Å²) < 4.78 is 2.21. The molecule has 20 heavy (non-hydrogen) atoms. The van der Waals surface area contributed by atoms with Crippen molar-refractivity contribution in [1.29, 1.82) is 0 Å². The van der Waals surface area contributed by atoms with Crippen LogP contribution in [0.25, 0.3) is 10.9 Å². The van der Waals surface area contributed by atoms with E-state index in [1.54, 1.807) is 0 Å². The minimum atomic E-state index is 1.19. The van der Waals surface area contributed by atoms with Crippen LogP contribution in [0, 0.1) is 0 Å². The number of rotatable bonds is 4. The van der Waals surface area contributed by atoms with E-state index in [1.807, 2.05) is 0 Å². The fourth-order valence-electron chi connectivity index (χ4n) is 3.15. The van der Waals surface area contributed by atoms with E-state index in [2.05, 4.69) is 58.9 Å². The van der Waals surface area contributed by atoms with Crippen molar-refractivity contribution < 1.29 is 0 Å². The Labute approximate surface area is 121 Å². The lowest BCUT2D eigenvalue weighted by Crippen LogP contribution is -2.44. The molecule has 0 atom stereocenters. The minimum Gasteiger partial charge on any atom is -0.351 e. The summed E-state index contributed by atoms with van der Waals surface area (Å²) in [5, 5.41) is 1.42. The van der Waals surface area contributed by atoms with Gasteiger partial charge in [0, 0.05) is 50.3 Å². The summed E-state index contributed by atoms with van der Waals surface area (Å²) in [6.45, 7) is 6.12. The van der Waals surface area contributed by atoms with Gasteiger partial charge in [0.15, 0.2) is 0 Å². The second-order valence-corrected chi connectivity index (χ2v) is 6.03. The Morgan fingerprint density at radius 2 is 1.80 bits per heavy atom. The highest BCUT2D eigenvalue weighted by Gasteiger charge is 2.13. The van der Waals surface area contributed by atoms with E-state index < -0.39 is 0 Å². The highest BCUT2D eigenvalue weighted by atomic mass is 15.2. The first-order valence-corrected chi connectivity index (χ1v) is 7.68. The third-order valence-electron chi connectivity index (χ3n) is 4.53. The van der Waals surface area contributed by atoms with Gasteiger partial charge in [-0.15, -0.1) is 0 Å². The Balaban J connectivity index is 1.57. The molecule has 2 aromatic rings. The molecule has 0 spiro atoms. The predicted molar refractivity (Wildman–Crippen MR) is 85.2 cm³/mol. The molecule has 0 bridgehead atoms. The molecule has 108 valence electrons. The SMILES string of the molecule is CN1CCN(CCCc2cccc3c2ccn3C)CC1. The molecule has 1 aromatic heterocycles. The molecular weight excluding hydrogens is 246 g/mol. The predicted octanol–water partition coefficient (Wildman–Crippen LogP) is 2.36. The molecule has 3 nitrogen and oxygen atoms in total. The highest BCUT2D eigenvalue weighted by molar-refractivity contribution is 5.83. The second kappa shape index (κ2) is 5.98. The van der Waals surface area contributed by atoms with Crippen molar-refractivity contribution in [1.82, 2.24) is 14.4 Å². The monoisotopic (exact) mass is 271 g/mol. The van der Waals surface area contributed by atoms with Crippen LogP contribution in [0.3, 0.4) is 0 Å². The Morgan fingerprint density at radius 3 is 2.60 bits per heavy atom. The normalized spacial score (nSPS) is 17.9. The zero-order valence-electron chi connectivity index (χ0n) is 12.7. The van der Waals surface area contributed by atoms with Crippen LogP contribution in [0.15, 0.2) is 30.5 Å². The second-order valence-electron chi connectivity index (χ2n) is 6.03.